The monoisotopic (exact) mass is 229 g/mol. The highest BCUT2D eigenvalue weighted by molar-refractivity contribution is 5.19. The number of fused-ring (bicyclic) bond motifs is 2. The fourth-order valence-corrected chi connectivity index (χ4v) is 3.72. The lowest BCUT2D eigenvalue weighted by atomic mass is 9.94. The Morgan fingerprint density at radius 3 is 2.65 bits per heavy atom. The Bertz CT molecular complexity index is 359. The van der Waals surface area contributed by atoms with Crippen molar-refractivity contribution in [2.24, 2.45) is 11.8 Å². The predicted molar refractivity (Wildman–Crippen MR) is 72.1 cm³/mol. The second kappa shape index (κ2) is 4.81. The van der Waals surface area contributed by atoms with Gasteiger partial charge >= 0.3 is 0 Å². The molecule has 4 unspecified atom stereocenters. The van der Waals surface area contributed by atoms with E-state index in [0.29, 0.717) is 5.92 Å². The van der Waals surface area contributed by atoms with Crippen LogP contribution in [0, 0.1) is 11.8 Å². The molecule has 2 aliphatic carbocycles. The average molecular weight is 229 g/mol. The van der Waals surface area contributed by atoms with Crippen LogP contribution in [0.4, 0.5) is 0 Å². The van der Waals surface area contributed by atoms with Gasteiger partial charge in [0.1, 0.15) is 0 Å². The Kier molecular flexibility index (Phi) is 3.19. The molecule has 1 N–H and O–H groups in total. The molecular formula is C16H23N. The standard InChI is InChI=1S/C16H23N/c1-12(14-5-3-2-4-6-14)11-17-16-10-13-7-8-15(16)9-13/h2-6,12-13,15-17H,7-11H2,1H3. The second-order valence-electron chi connectivity index (χ2n) is 6.00. The number of hydrogen-bond donors (Lipinski definition) is 1. The van der Waals surface area contributed by atoms with E-state index in [4.69, 9.17) is 0 Å². The quantitative estimate of drug-likeness (QED) is 0.832. The van der Waals surface area contributed by atoms with Crippen LogP contribution in [-0.4, -0.2) is 12.6 Å². The van der Waals surface area contributed by atoms with Crippen LogP contribution in [0.15, 0.2) is 30.3 Å². The Labute approximate surface area is 105 Å². The maximum Gasteiger partial charge on any atom is 0.00983 e. The molecule has 3 rings (SSSR count). The van der Waals surface area contributed by atoms with Crippen LogP contribution >= 0.6 is 0 Å². The molecule has 0 radical (unpaired) electrons. The molecule has 0 amide bonds. The third-order valence-corrected chi connectivity index (χ3v) is 4.79. The normalized spacial score (nSPS) is 32.9. The van der Waals surface area contributed by atoms with Crippen molar-refractivity contribution in [3.05, 3.63) is 35.9 Å². The van der Waals surface area contributed by atoms with Crippen LogP contribution in [0.3, 0.4) is 0 Å². The summed E-state index contributed by atoms with van der Waals surface area (Å²) < 4.78 is 0. The molecule has 0 spiro atoms. The minimum absolute atomic E-state index is 0.635. The number of nitrogens with one attached hydrogen (secondary N) is 1. The summed E-state index contributed by atoms with van der Waals surface area (Å²) in [7, 11) is 0. The SMILES string of the molecule is CC(CNC1CC2CCC1C2)c1ccccc1. The molecule has 2 aliphatic rings. The predicted octanol–water partition coefficient (Wildman–Crippen LogP) is 3.57. The van der Waals surface area contributed by atoms with E-state index in [9.17, 15) is 0 Å². The first-order valence-electron chi connectivity index (χ1n) is 7.11. The fourth-order valence-electron chi connectivity index (χ4n) is 3.72. The van der Waals surface area contributed by atoms with Crippen LogP contribution in [0.5, 0.6) is 0 Å². The van der Waals surface area contributed by atoms with Crippen LogP contribution in [0.2, 0.25) is 0 Å². The minimum Gasteiger partial charge on any atom is -0.313 e. The maximum atomic E-state index is 3.81. The topological polar surface area (TPSA) is 12.0 Å². The van der Waals surface area contributed by atoms with Crippen molar-refractivity contribution < 1.29 is 0 Å². The summed E-state index contributed by atoms with van der Waals surface area (Å²) in [5, 5.41) is 3.81. The molecule has 92 valence electrons. The van der Waals surface area contributed by atoms with E-state index in [1.807, 2.05) is 0 Å². The lowest BCUT2D eigenvalue weighted by molar-refractivity contribution is 0.347. The molecular weight excluding hydrogens is 206 g/mol. The first-order chi connectivity index (χ1) is 8.33. The van der Waals surface area contributed by atoms with Gasteiger partial charge in [0.25, 0.3) is 0 Å². The van der Waals surface area contributed by atoms with Crippen molar-refractivity contribution in [2.75, 3.05) is 6.54 Å². The first-order valence-corrected chi connectivity index (χ1v) is 7.11. The summed E-state index contributed by atoms with van der Waals surface area (Å²) in [6, 6.07) is 11.7. The maximum absolute atomic E-state index is 3.81. The van der Waals surface area contributed by atoms with Gasteiger partial charge in [0.15, 0.2) is 0 Å². The van der Waals surface area contributed by atoms with Gasteiger partial charge in [-0.3, -0.25) is 0 Å². The van der Waals surface area contributed by atoms with Gasteiger partial charge < -0.3 is 5.32 Å². The zero-order valence-corrected chi connectivity index (χ0v) is 10.7. The number of rotatable bonds is 4. The molecule has 1 aromatic carbocycles. The Morgan fingerprint density at radius 2 is 2.00 bits per heavy atom. The third kappa shape index (κ3) is 2.40. The van der Waals surface area contributed by atoms with E-state index in [0.717, 1.165) is 24.4 Å². The zero-order valence-electron chi connectivity index (χ0n) is 10.7. The van der Waals surface area contributed by atoms with E-state index >= 15 is 0 Å². The van der Waals surface area contributed by atoms with Gasteiger partial charge in [0.05, 0.1) is 0 Å². The van der Waals surface area contributed by atoms with Gasteiger partial charge in [0, 0.05) is 12.6 Å². The molecule has 1 aromatic rings. The molecule has 0 aromatic heterocycles. The number of benzene rings is 1. The van der Waals surface area contributed by atoms with Gasteiger partial charge in [0.2, 0.25) is 0 Å². The summed E-state index contributed by atoms with van der Waals surface area (Å²) in [4.78, 5) is 0. The van der Waals surface area contributed by atoms with E-state index in [-0.39, 0.29) is 0 Å². The van der Waals surface area contributed by atoms with Gasteiger partial charge in [-0.25, -0.2) is 0 Å². The van der Waals surface area contributed by atoms with E-state index in [1.54, 1.807) is 0 Å². The molecule has 4 atom stereocenters. The molecule has 2 saturated carbocycles. The summed E-state index contributed by atoms with van der Waals surface area (Å²) in [6.07, 6.45) is 5.91. The van der Waals surface area contributed by atoms with E-state index in [1.165, 1.54) is 31.2 Å². The molecule has 1 nitrogen and oxygen atoms in total. The summed E-state index contributed by atoms with van der Waals surface area (Å²) in [5.41, 5.74) is 1.46. The Hall–Kier alpha value is -0.820. The molecule has 0 saturated heterocycles. The van der Waals surface area contributed by atoms with Gasteiger partial charge in [-0.05, 0) is 42.6 Å². The van der Waals surface area contributed by atoms with Gasteiger partial charge in [-0.2, -0.15) is 0 Å². The van der Waals surface area contributed by atoms with Crippen LogP contribution in [0.25, 0.3) is 0 Å². The van der Waals surface area contributed by atoms with Crippen LogP contribution in [0.1, 0.15) is 44.1 Å². The van der Waals surface area contributed by atoms with Crippen LogP contribution in [-0.2, 0) is 0 Å². The smallest absolute Gasteiger partial charge is 0.00983 e. The van der Waals surface area contributed by atoms with Crippen LogP contribution < -0.4 is 5.32 Å². The number of hydrogen-bond acceptors (Lipinski definition) is 1. The fraction of sp³-hybridized carbons (Fsp3) is 0.625. The molecule has 2 fully saturated rings. The summed E-state index contributed by atoms with van der Waals surface area (Å²) in [5.74, 6) is 2.67. The van der Waals surface area contributed by atoms with Crippen molar-refractivity contribution in [1.82, 2.24) is 5.32 Å². The second-order valence-corrected chi connectivity index (χ2v) is 6.00. The Morgan fingerprint density at radius 1 is 1.18 bits per heavy atom. The zero-order chi connectivity index (χ0) is 11.7. The molecule has 0 aliphatic heterocycles. The molecule has 0 heterocycles. The summed E-state index contributed by atoms with van der Waals surface area (Å²) >= 11 is 0. The highest BCUT2D eigenvalue weighted by Crippen LogP contribution is 2.44. The first kappa shape index (κ1) is 11.3. The molecule has 17 heavy (non-hydrogen) atoms. The third-order valence-electron chi connectivity index (χ3n) is 4.79. The van der Waals surface area contributed by atoms with Crippen molar-refractivity contribution in [2.45, 2.75) is 44.6 Å². The highest BCUT2D eigenvalue weighted by atomic mass is 14.9. The lowest BCUT2D eigenvalue weighted by Crippen LogP contribution is -2.36. The van der Waals surface area contributed by atoms with Crippen molar-refractivity contribution in [3.8, 4) is 0 Å². The van der Waals surface area contributed by atoms with E-state index in [2.05, 4.69) is 42.6 Å². The van der Waals surface area contributed by atoms with Crippen molar-refractivity contribution in [3.63, 3.8) is 0 Å². The van der Waals surface area contributed by atoms with Gasteiger partial charge in [-0.1, -0.05) is 43.7 Å². The average Bonchev–Trinajstić information content (AvgIpc) is 2.99. The van der Waals surface area contributed by atoms with Crippen molar-refractivity contribution in [1.29, 1.82) is 0 Å². The minimum atomic E-state index is 0.635. The molecule has 1 heteroatoms. The Balaban J connectivity index is 1.51. The highest BCUT2D eigenvalue weighted by Gasteiger charge is 2.39. The molecule has 2 bridgehead atoms. The van der Waals surface area contributed by atoms with E-state index < -0.39 is 0 Å². The summed E-state index contributed by atoms with van der Waals surface area (Å²) in [6.45, 7) is 3.47. The van der Waals surface area contributed by atoms with Gasteiger partial charge in [-0.15, -0.1) is 0 Å². The van der Waals surface area contributed by atoms with Crippen molar-refractivity contribution >= 4 is 0 Å². The largest absolute Gasteiger partial charge is 0.313 e. The lowest BCUT2D eigenvalue weighted by Gasteiger charge is -2.25.